The number of rotatable bonds is 9. The second-order valence-corrected chi connectivity index (χ2v) is 5.70. The molecule has 7 heteroatoms. The Labute approximate surface area is 111 Å². The SMILES string of the molecule is CC(C)(CCC(=O)O)NC(=O)CCSCC(N)=O. The van der Waals surface area contributed by atoms with E-state index in [4.69, 9.17) is 10.8 Å². The highest BCUT2D eigenvalue weighted by Crippen LogP contribution is 2.12. The highest BCUT2D eigenvalue weighted by atomic mass is 32.2. The first-order valence-electron chi connectivity index (χ1n) is 5.62. The molecular weight excluding hydrogens is 256 g/mol. The minimum Gasteiger partial charge on any atom is -0.481 e. The maximum atomic E-state index is 11.6. The Kier molecular flexibility index (Phi) is 7.42. The van der Waals surface area contributed by atoms with Gasteiger partial charge in [-0.15, -0.1) is 0 Å². The van der Waals surface area contributed by atoms with Gasteiger partial charge in [0, 0.05) is 24.1 Å². The number of carbonyl (C=O) groups is 3. The molecule has 4 N–H and O–H groups in total. The molecule has 0 atom stereocenters. The highest BCUT2D eigenvalue weighted by molar-refractivity contribution is 7.99. The summed E-state index contributed by atoms with van der Waals surface area (Å²) in [5, 5.41) is 11.3. The average Bonchev–Trinajstić information content (AvgIpc) is 2.21. The molecule has 2 amide bonds. The molecular formula is C11H20N2O4S. The van der Waals surface area contributed by atoms with Gasteiger partial charge in [-0.3, -0.25) is 14.4 Å². The second-order valence-electron chi connectivity index (χ2n) is 4.59. The van der Waals surface area contributed by atoms with Crippen LogP contribution in [0, 0.1) is 0 Å². The van der Waals surface area contributed by atoms with Gasteiger partial charge in [-0.25, -0.2) is 0 Å². The number of hydrogen-bond acceptors (Lipinski definition) is 4. The molecule has 0 spiro atoms. The zero-order valence-electron chi connectivity index (χ0n) is 10.7. The average molecular weight is 276 g/mol. The Morgan fingerprint density at radius 3 is 2.39 bits per heavy atom. The van der Waals surface area contributed by atoms with E-state index in [0.29, 0.717) is 12.2 Å². The van der Waals surface area contributed by atoms with Gasteiger partial charge in [0.25, 0.3) is 0 Å². The van der Waals surface area contributed by atoms with Crippen molar-refractivity contribution < 1.29 is 19.5 Å². The molecule has 0 saturated carbocycles. The summed E-state index contributed by atoms with van der Waals surface area (Å²) in [5.41, 5.74) is 4.43. The predicted molar refractivity (Wildman–Crippen MR) is 70.2 cm³/mol. The van der Waals surface area contributed by atoms with Crippen LogP contribution in [0.2, 0.25) is 0 Å². The zero-order valence-corrected chi connectivity index (χ0v) is 11.5. The summed E-state index contributed by atoms with van der Waals surface area (Å²) in [6.07, 6.45) is 0.681. The van der Waals surface area contributed by atoms with E-state index in [9.17, 15) is 14.4 Å². The lowest BCUT2D eigenvalue weighted by molar-refractivity contribution is -0.137. The van der Waals surface area contributed by atoms with Crippen molar-refractivity contribution in [3.05, 3.63) is 0 Å². The van der Waals surface area contributed by atoms with E-state index in [1.54, 1.807) is 13.8 Å². The first-order valence-corrected chi connectivity index (χ1v) is 6.77. The quantitative estimate of drug-likeness (QED) is 0.527. The van der Waals surface area contributed by atoms with Crippen molar-refractivity contribution in [1.82, 2.24) is 5.32 Å². The van der Waals surface area contributed by atoms with Gasteiger partial charge < -0.3 is 16.2 Å². The fourth-order valence-corrected chi connectivity index (χ4v) is 1.93. The molecule has 0 aromatic heterocycles. The summed E-state index contributed by atoms with van der Waals surface area (Å²) in [4.78, 5) is 32.5. The van der Waals surface area contributed by atoms with Gasteiger partial charge in [0.15, 0.2) is 0 Å². The number of primary amides is 1. The van der Waals surface area contributed by atoms with E-state index >= 15 is 0 Å². The molecule has 104 valence electrons. The second kappa shape index (κ2) is 7.97. The maximum absolute atomic E-state index is 11.6. The van der Waals surface area contributed by atoms with Crippen molar-refractivity contribution >= 4 is 29.5 Å². The van der Waals surface area contributed by atoms with Crippen LogP contribution in [0.1, 0.15) is 33.1 Å². The van der Waals surface area contributed by atoms with E-state index in [0.717, 1.165) is 0 Å². The Hall–Kier alpha value is -1.24. The first kappa shape index (κ1) is 16.8. The number of carbonyl (C=O) groups excluding carboxylic acids is 2. The summed E-state index contributed by atoms with van der Waals surface area (Å²) < 4.78 is 0. The van der Waals surface area contributed by atoms with Crippen LogP contribution in [0.3, 0.4) is 0 Å². The molecule has 18 heavy (non-hydrogen) atoms. The van der Waals surface area contributed by atoms with Crippen molar-refractivity contribution in [2.75, 3.05) is 11.5 Å². The van der Waals surface area contributed by atoms with E-state index in [2.05, 4.69) is 5.32 Å². The minimum absolute atomic E-state index is 0.0176. The van der Waals surface area contributed by atoms with Crippen LogP contribution < -0.4 is 11.1 Å². The summed E-state index contributed by atoms with van der Waals surface area (Å²) in [5.74, 6) is -0.710. The lowest BCUT2D eigenvalue weighted by Gasteiger charge is -2.25. The Morgan fingerprint density at radius 2 is 1.89 bits per heavy atom. The molecule has 0 bridgehead atoms. The lowest BCUT2D eigenvalue weighted by atomic mass is 9.98. The molecule has 0 unspecified atom stereocenters. The fourth-order valence-electron chi connectivity index (χ4n) is 1.26. The van der Waals surface area contributed by atoms with Gasteiger partial charge in [0.05, 0.1) is 5.75 Å². The van der Waals surface area contributed by atoms with Crippen LogP contribution in [0.25, 0.3) is 0 Å². The molecule has 0 aromatic carbocycles. The topological polar surface area (TPSA) is 109 Å². The van der Waals surface area contributed by atoms with Crippen LogP contribution in [0.4, 0.5) is 0 Å². The number of hydrogen-bond donors (Lipinski definition) is 3. The molecule has 0 aliphatic carbocycles. The lowest BCUT2D eigenvalue weighted by Crippen LogP contribution is -2.43. The smallest absolute Gasteiger partial charge is 0.303 e. The third-order valence-corrected chi connectivity index (χ3v) is 3.14. The number of carboxylic acid groups (broad SMARTS) is 1. The Morgan fingerprint density at radius 1 is 1.28 bits per heavy atom. The van der Waals surface area contributed by atoms with Crippen molar-refractivity contribution in [2.24, 2.45) is 5.73 Å². The molecule has 0 aromatic rings. The van der Waals surface area contributed by atoms with Gasteiger partial charge in [-0.2, -0.15) is 11.8 Å². The molecule has 0 heterocycles. The summed E-state index contributed by atoms with van der Waals surface area (Å²) >= 11 is 1.30. The van der Waals surface area contributed by atoms with Crippen molar-refractivity contribution in [3.8, 4) is 0 Å². The van der Waals surface area contributed by atoms with Gasteiger partial charge in [-0.05, 0) is 20.3 Å². The van der Waals surface area contributed by atoms with Gasteiger partial charge in [0.1, 0.15) is 0 Å². The van der Waals surface area contributed by atoms with Crippen LogP contribution >= 0.6 is 11.8 Å². The first-order chi connectivity index (χ1) is 8.23. The molecule has 6 nitrogen and oxygen atoms in total. The van der Waals surface area contributed by atoms with Crippen LogP contribution in [-0.2, 0) is 14.4 Å². The third kappa shape index (κ3) is 9.95. The molecule has 0 fully saturated rings. The molecule has 0 rings (SSSR count). The molecule has 0 aliphatic heterocycles. The Bertz CT molecular complexity index is 318. The van der Waals surface area contributed by atoms with E-state index in [-0.39, 0.29) is 24.5 Å². The van der Waals surface area contributed by atoms with E-state index in [1.807, 2.05) is 0 Å². The predicted octanol–water partition coefficient (Wildman–Crippen LogP) is 0.355. The van der Waals surface area contributed by atoms with Crippen molar-refractivity contribution in [1.29, 1.82) is 0 Å². The fraction of sp³-hybridized carbons (Fsp3) is 0.727. The molecule has 0 saturated heterocycles. The normalized spacial score (nSPS) is 11.0. The monoisotopic (exact) mass is 276 g/mol. The number of thioether (sulfide) groups is 1. The summed E-state index contributed by atoms with van der Waals surface area (Å²) in [6, 6.07) is 0. The number of carboxylic acids is 1. The van der Waals surface area contributed by atoms with Crippen molar-refractivity contribution in [2.45, 2.75) is 38.6 Å². The van der Waals surface area contributed by atoms with E-state index in [1.165, 1.54) is 11.8 Å². The van der Waals surface area contributed by atoms with Crippen molar-refractivity contribution in [3.63, 3.8) is 0 Å². The highest BCUT2D eigenvalue weighted by Gasteiger charge is 2.21. The summed E-state index contributed by atoms with van der Waals surface area (Å²) in [6.45, 7) is 3.56. The Balaban J connectivity index is 3.84. The maximum Gasteiger partial charge on any atom is 0.303 e. The van der Waals surface area contributed by atoms with E-state index < -0.39 is 17.4 Å². The largest absolute Gasteiger partial charge is 0.481 e. The minimum atomic E-state index is -0.880. The molecule has 0 radical (unpaired) electrons. The van der Waals surface area contributed by atoms with Crippen LogP contribution in [-0.4, -0.2) is 39.9 Å². The van der Waals surface area contributed by atoms with Crippen LogP contribution in [0.5, 0.6) is 0 Å². The zero-order chi connectivity index (χ0) is 14.2. The van der Waals surface area contributed by atoms with Gasteiger partial charge in [0.2, 0.25) is 11.8 Å². The van der Waals surface area contributed by atoms with Crippen LogP contribution in [0.15, 0.2) is 0 Å². The number of nitrogens with two attached hydrogens (primary N) is 1. The third-order valence-electron chi connectivity index (χ3n) is 2.16. The van der Waals surface area contributed by atoms with Gasteiger partial charge in [-0.1, -0.05) is 0 Å². The number of nitrogens with one attached hydrogen (secondary N) is 1. The summed E-state index contributed by atoms with van der Waals surface area (Å²) in [7, 11) is 0. The number of amides is 2. The number of aliphatic carboxylic acids is 1. The molecule has 0 aliphatic rings. The van der Waals surface area contributed by atoms with Gasteiger partial charge >= 0.3 is 5.97 Å². The standard InChI is InChI=1S/C11H20N2O4S/c1-11(2,5-3-10(16)17)13-9(15)4-6-18-7-8(12)14/h3-7H2,1-2H3,(H2,12,14)(H,13,15)(H,16,17).